The van der Waals surface area contributed by atoms with E-state index in [1.54, 1.807) is 12.3 Å². The molecule has 0 fully saturated rings. The van der Waals surface area contributed by atoms with Crippen molar-refractivity contribution in [3.63, 3.8) is 0 Å². The van der Waals surface area contributed by atoms with Crippen molar-refractivity contribution in [2.75, 3.05) is 0 Å². The van der Waals surface area contributed by atoms with E-state index in [0.717, 1.165) is 4.88 Å². The van der Waals surface area contributed by atoms with Gasteiger partial charge in [-0.3, -0.25) is 9.78 Å². The Hall–Kier alpha value is -1.19. The molecule has 0 amide bonds. The van der Waals surface area contributed by atoms with Crippen LogP contribution in [-0.2, 0) is 0 Å². The summed E-state index contributed by atoms with van der Waals surface area (Å²) >= 11 is 7.37. The number of ketones is 1. The summed E-state index contributed by atoms with van der Waals surface area (Å²) in [6.07, 6.45) is 3.05. The molecule has 0 saturated carbocycles. The monoisotopic (exact) mass is 237 g/mol. The van der Waals surface area contributed by atoms with Gasteiger partial charge in [-0.1, -0.05) is 11.6 Å². The van der Waals surface area contributed by atoms with Gasteiger partial charge in [0, 0.05) is 22.8 Å². The van der Waals surface area contributed by atoms with E-state index in [4.69, 9.17) is 11.6 Å². The van der Waals surface area contributed by atoms with Crippen molar-refractivity contribution in [3.05, 3.63) is 50.9 Å². The number of hydrogen-bond acceptors (Lipinski definition) is 3. The summed E-state index contributed by atoms with van der Waals surface area (Å²) in [5.74, 6) is -0.0412. The molecule has 2 heterocycles. The number of nitrogens with zero attached hydrogens (tertiary/aromatic N) is 1. The summed E-state index contributed by atoms with van der Waals surface area (Å²) < 4.78 is 0. The number of carbonyl (C=O) groups excluding carboxylic acids is 1. The van der Waals surface area contributed by atoms with Crippen LogP contribution in [0.25, 0.3) is 0 Å². The highest BCUT2D eigenvalue weighted by atomic mass is 35.5. The van der Waals surface area contributed by atoms with Crippen LogP contribution in [0.4, 0.5) is 0 Å². The fraction of sp³-hybridized carbons (Fsp3) is 0.0909. The third kappa shape index (κ3) is 2.08. The standard InChI is InChI=1S/C11H8ClNOS/c1-7-2-3-10(15-7)11(14)8-4-5-13-6-9(8)12/h2-6H,1H3. The van der Waals surface area contributed by atoms with E-state index in [1.807, 2.05) is 19.1 Å². The number of pyridine rings is 1. The summed E-state index contributed by atoms with van der Waals surface area (Å²) in [5.41, 5.74) is 0.508. The van der Waals surface area contributed by atoms with E-state index in [1.165, 1.54) is 17.5 Å². The predicted molar refractivity (Wildman–Crippen MR) is 61.7 cm³/mol. The van der Waals surface area contributed by atoms with Gasteiger partial charge in [-0.05, 0) is 25.1 Å². The van der Waals surface area contributed by atoms with Crippen molar-refractivity contribution in [1.82, 2.24) is 4.98 Å². The smallest absolute Gasteiger partial charge is 0.204 e. The maximum atomic E-state index is 12.0. The molecule has 0 aliphatic heterocycles. The fourth-order valence-corrected chi connectivity index (χ4v) is 2.28. The van der Waals surface area contributed by atoms with Gasteiger partial charge in [0.25, 0.3) is 0 Å². The lowest BCUT2D eigenvalue weighted by Crippen LogP contribution is -1.99. The molecule has 0 aliphatic carbocycles. The predicted octanol–water partition coefficient (Wildman–Crippen LogP) is 3.34. The molecule has 15 heavy (non-hydrogen) atoms. The molecule has 0 atom stereocenters. The lowest BCUT2D eigenvalue weighted by Gasteiger charge is -1.99. The lowest BCUT2D eigenvalue weighted by atomic mass is 10.1. The SMILES string of the molecule is Cc1ccc(C(=O)c2ccncc2Cl)s1. The second-order valence-corrected chi connectivity index (χ2v) is 4.79. The van der Waals surface area contributed by atoms with E-state index in [9.17, 15) is 4.79 Å². The maximum Gasteiger partial charge on any atom is 0.204 e. The Kier molecular flexibility index (Phi) is 2.84. The number of aryl methyl sites for hydroxylation is 1. The Bertz CT molecular complexity index is 507. The Labute approximate surface area is 96.5 Å². The lowest BCUT2D eigenvalue weighted by molar-refractivity contribution is 0.104. The van der Waals surface area contributed by atoms with Gasteiger partial charge in [-0.25, -0.2) is 0 Å². The first-order valence-corrected chi connectivity index (χ1v) is 5.58. The maximum absolute atomic E-state index is 12.0. The van der Waals surface area contributed by atoms with Crippen molar-refractivity contribution in [2.45, 2.75) is 6.92 Å². The number of carbonyl (C=O) groups is 1. The molecule has 0 saturated heterocycles. The van der Waals surface area contributed by atoms with Crippen LogP contribution in [-0.4, -0.2) is 10.8 Å². The normalized spacial score (nSPS) is 10.3. The molecule has 0 N–H and O–H groups in total. The van der Waals surface area contributed by atoms with Crippen LogP contribution in [0.15, 0.2) is 30.6 Å². The average Bonchev–Trinajstić information content (AvgIpc) is 2.65. The van der Waals surface area contributed by atoms with Crippen LogP contribution < -0.4 is 0 Å². The second kappa shape index (κ2) is 4.13. The Morgan fingerprint density at radius 1 is 1.40 bits per heavy atom. The van der Waals surface area contributed by atoms with Crippen molar-refractivity contribution in [2.24, 2.45) is 0 Å². The van der Waals surface area contributed by atoms with Gasteiger partial charge in [0.05, 0.1) is 9.90 Å². The number of rotatable bonds is 2. The first-order chi connectivity index (χ1) is 7.18. The van der Waals surface area contributed by atoms with E-state index in [-0.39, 0.29) is 5.78 Å². The molecule has 0 aromatic carbocycles. The molecular weight excluding hydrogens is 230 g/mol. The van der Waals surface area contributed by atoms with Crippen LogP contribution in [0.2, 0.25) is 5.02 Å². The van der Waals surface area contributed by atoms with Crippen LogP contribution >= 0.6 is 22.9 Å². The zero-order valence-electron chi connectivity index (χ0n) is 8.03. The van der Waals surface area contributed by atoms with Crippen LogP contribution in [0, 0.1) is 6.92 Å². The fourth-order valence-electron chi connectivity index (χ4n) is 1.25. The van der Waals surface area contributed by atoms with Gasteiger partial charge in [-0.15, -0.1) is 11.3 Å². The molecule has 0 spiro atoms. The zero-order valence-corrected chi connectivity index (χ0v) is 9.60. The third-order valence-corrected chi connectivity index (χ3v) is 3.28. The number of halogens is 1. The highest BCUT2D eigenvalue weighted by Crippen LogP contribution is 2.22. The molecule has 2 aromatic rings. The van der Waals surface area contributed by atoms with E-state index in [2.05, 4.69) is 4.98 Å². The quantitative estimate of drug-likeness (QED) is 0.750. The van der Waals surface area contributed by atoms with Crippen LogP contribution in [0.1, 0.15) is 20.1 Å². The van der Waals surface area contributed by atoms with Crippen molar-refractivity contribution in [1.29, 1.82) is 0 Å². The van der Waals surface area contributed by atoms with E-state index in [0.29, 0.717) is 15.5 Å². The average molecular weight is 238 g/mol. The van der Waals surface area contributed by atoms with Gasteiger partial charge in [0.2, 0.25) is 5.78 Å². The van der Waals surface area contributed by atoms with Gasteiger partial charge < -0.3 is 0 Å². The Morgan fingerprint density at radius 3 is 2.80 bits per heavy atom. The molecule has 2 rings (SSSR count). The molecule has 0 radical (unpaired) electrons. The zero-order chi connectivity index (χ0) is 10.8. The minimum Gasteiger partial charge on any atom is -0.288 e. The Morgan fingerprint density at radius 2 is 2.20 bits per heavy atom. The van der Waals surface area contributed by atoms with Gasteiger partial charge in [0.1, 0.15) is 0 Å². The molecule has 76 valence electrons. The number of hydrogen-bond donors (Lipinski definition) is 0. The molecule has 0 aliphatic rings. The summed E-state index contributed by atoms with van der Waals surface area (Å²) in [6, 6.07) is 5.38. The van der Waals surface area contributed by atoms with E-state index >= 15 is 0 Å². The summed E-state index contributed by atoms with van der Waals surface area (Å²) in [6.45, 7) is 1.97. The Balaban J connectivity index is 2.41. The van der Waals surface area contributed by atoms with E-state index < -0.39 is 0 Å². The minimum atomic E-state index is -0.0412. The van der Waals surface area contributed by atoms with Gasteiger partial charge >= 0.3 is 0 Å². The molecule has 2 nitrogen and oxygen atoms in total. The second-order valence-electron chi connectivity index (χ2n) is 3.09. The topological polar surface area (TPSA) is 30.0 Å². The molecule has 0 bridgehead atoms. The van der Waals surface area contributed by atoms with Gasteiger partial charge in [-0.2, -0.15) is 0 Å². The summed E-state index contributed by atoms with van der Waals surface area (Å²) in [4.78, 5) is 17.6. The van der Waals surface area contributed by atoms with Gasteiger partial charge in [0.15, 0.2) is 0 Å². The molecular formula is C11H8ClNOS. The number of aromatic nitrogens is 1. The summed E-state index contributed by atoms with van der Waals surface area (Å²) in [7, 11) is 0. The van der Waals surface area contributed by atoms with Crippen LogP contribution in [0.3, 0.4) is 0 Å². The van der Waals surface area contributed by atoms with Crippen molar-refractivity contribution in [3.8, 4) is 0 Å². The molecule has 0 unspecified atom stereocenters. The first kappa shape index (κ1) is 10.3. The van der Waals surface area contributed by atoms with Crippen LogP contribution in [0.5, 0.6) is 0 Å². The largest absolute Gasteiger partial charge is 0.288 e. The minimum absolute atomic E-state index is 0.0412. The highest BCUT2D eigenvalue weighted by molar-refractivity contribution is 7.14. The molecule has 4 heteroatoms. The summed E-state index contributed by atoms with van der Waals surface area (Å²) in [5, 5.41) is 0.397. The van der Waals surface area contributed by atoms with Crippen molar-refractivity contribution < 1.29 is 4.79 Å². The number of thiophene rings is 1. The third-order valence-electron chi connectivity index (χ3n) is 1.98. The van der Waals surface area contributed by atoms with Crippen molar-refractivity contribution >= 4 is 28.7 Å². The molecule has 2 aromatic heterocycles. The first-order valence-electron chi connectivity index (χ1n) is 4.39. The highest BCUT2D eigenvalue weighted by Gasteiger charge is 2.13.